The summed E-state index contributed by atoms with van der Waals surface area (Å²) in [4.78, 5) is 11.2. The Bertz CT molecular complexity index is 159. The van der Waals surface area contributed by atoms with E-state index in [1.54, 1.807) is 0 Å². The highest BCUT2D eigenvalue weighted by molar-refractivity contribution is 5.76. The maximum Gasteiger partial charge on any atom is 0.221 e. The van der Waals surface area contributed by atoms with Crippen LogP contribution in [0.25, 0.3) is 0 Å². The third-order valence-corrected chi connectivity index (χ3v) is 2.45. The Morgan fingerprint density at radius 3 is 3.23 bits per heavy atom. The Labute approximate surface area is 80.3 Å². The molecule has 1 amide bonds. The monoisotopic (exact) mass is 184 g/mol. The molecule has 1 heterocycles. The predicted octanol–water partition coefficient (Wildman–Crippen LogP) is 1.04. The number of nitrogens with one attached hydrogen (secondary N) is 2. The number of rotatable bonds is 4. The van der Waals surface area contributed by atoms with E-state index in [4.69, 9.17) is 0 Å². The van der Waals surface area contributed by atoms with E-state index in [9.17, 15) is 4.79 Å². The second kappa shape index (κ2) is 5.97. The topological polar surface area (TPSA) is 41.1 Å². The van der Waals surface area contributed by atoms with Gasteiger partial charge in [-0.25, -0.2) is 0 Å². The first kappa shape index (κ1) is 10.5. The molecule has 1 atom stereocenters. The van der Waals surface area contributed by atoms with Gasteiger partial charge in [-0.2, -0.15) is 0 Å². The molecule has 0 radical (unpaired) electrons. The van der Waals surface area contributed by atoms with Gasteiger partial charge in [0.25, 0.3) is 0 Å². The van der Waals surface area contributed by atoms with Crippen molar-refractivity contribution < 1.29 is 4.79 Å². The lowest BCUT2D eigenvalue weighted by molar-refractivity contribution is -0.121. The van der Waals surface area contributed by atoms with Gasteiger partial charge in [0.05, 0.1) is 0 Å². The van der Waals surface area contributed by atoms with Crippen molar-refractivity contribution in [3.8, 4) is 0 Å². The van der Waals surface area contributed by atoms with Crippen molar-refractivity contribution >= 4 is 5.91 Å². The van der Waals surface area contributed by atoms with E-state index < -0.39 is 0 Å². The quantitative estimate of drug-likeness (QED) is 0.641. The summed E-state index contributed by atoms with van der Waals surface area (Å²) < 4.78 is 0. The summed E-state index contributed by atoms with van der Waals surface area (Å²) in [5.74, 6) is 0.200. The highest BCUT2D eigenvalue weighted by Crippen LogP contribution is 2.05. The van der Waals surface area contributed by atoms with Gasteiger partial charge in [0, 0.05) is 19.0 Å². The van der Waals surface area contributed by atoms with Crippen LogP contribution in [0, 0.1) is 0 Å². The maximum atomic E-state index is 11.2. The highest BCUT2D eigenvalue weighted by Gasteiger charge is 2.15. The summed E-state index contributed by atoms with van der Waals surface area (Å²) in [5, 5.41) is 6.32. The number of carbonyl (C=O) groups is 1. The Kier molecular flexibility index (Phi) is 4.83. The lowest BCUT2D eigenvalue weighted by Gasteiger charge is -2.14. The van der Waals surface area contributed by atoms with Crippen LogP contribution in [-0.4, -0.2) is 25.0 Å². The first-order valence-electron chi connectivity index (χ1n) is 5.33. The van der Waals surface area contributed by atoms with Gasteiger partial charge in [0.1, 0.15) is 0 Å². The second-order valence-electron chi connectivity index (χ2n) is 3.70. The van der Waals surface area contributed by atoms with Crippen molar-refractivity contribution in [3.05, 3.63) is 0 Å². The van der Waals surface area contributed by atoms with Crippen LogP contribution in [0.1, 0.15) is 39.0 Å². The molecule has 0 bridgehead atoms. The summed E-state index contributed by atoms with van der Waals surface area (Å²) in [7, 11) is 0. The van der Waals surface area contributed by atoms with Gasteiger partial charge in [-0.05, 0) is 25.8 Å². The molecule has 0 aromatic carbocycles. The van der Waals surface area contributed by atoms with E-state index >= 15 is 0 Å². The molecule has 1 saturated heterocycles. The normalized spacial score (nSPS) is 23.8. The molecule has 0 aromatic heterocycles. The molecule has 13 heavy (non-hydrogen) atoms. The van der Waals surface area contributed by atoms with E-state index in [0.29, 0.717) is 12.5 Å². The summed E-state index contributed by atoms with van der Waals surface area (Å²) in [5.41, 5.74) is 0. The average molecular weight is 184 g/mol. The van der Waals surface area contributed by atoms with Crippen LogP contribution in [0.4, 0.5) is 0 Å². The zero-order chi connectivity index (χ0) is 9.52. The molecule has 2 N–H and O–H groups in total. The number of hydrogen-bond acceptors (Lipinski definition) is 2. The van der Waals surface area contributed by atoms with Crippen molar-refractivity contribution in [3.63, 3.8) is 0 Å². The minimum absolute atomic E-state index is 0.200. The zero-order valence-corrected chi connectivity index (χ0v) is 8.44. The van der Waals surface area contributed by atoms with E-state index in [1.165, 1.54) is 12.8 Å². The van der Waals surface area contributed by atoms with Gasteiger partial charge < -0.3 is 10.6 Å². The van der Waals surface area contributed by atoms with Crippen LogP contribution in [0.5, 0.6) is 0 Å². The van der Waals surface area contributed by atoms with E-state index in [-0.39, 0.29) is 5.91 Å². The first-order chi connectivity index (χ1) is 6.33. The largest absolute Gasteiger partial charge is 0.356 e. The highest BCUT2D eigenvalue weighted by atomic mass is 16.1. The number of hydrogen-bond donors (Lipinski definition) is 2. The molecule has 3 heteroatoms. The Morgan fingerprint density at radius 1 is 1.62 bits per heavy atom. The average Bonchev–Trinajstić information content (AvgIpc) is 2.31. The van der Waals surface area contributed by atoms with Gasteiger partial charge in [-0.15, -0.1) is 0 Å². The molecule has 3 nitrogen and oxygen atoms in total. The molecule has 0 spiro atoms. The SMILES string of the molecule is CCCCNC1CCCNC(=O)C1. The van der Waals surface area contributed by atoms with Crippen LogP contribution in [0.2, 0.25) is 0 Å². The molecule has 0 saturated carbocycles. The van der Waals surface area contributed by atoms with Gasteiger partial charge in [-0.3, -0.25) is 4.79 Å². The van der Waals surface area contributed by atoms with Crippen molar-refractivity contribution in [1.29, 1.82) is 0 Å². The zero-order valence-electron chi connectivity index (χ0n) is 8.44. The minimum Gasteiger partial charge on any atom is -0.356 e. The van der Waals surface area contributed by atoms with Gasteiger partial charge in [0.15, 0.2) is 0 Å². The van der Waals surface area contributed by atoms with Crippen molar-refractivity contribution in [1.82, 2.24) is 10.6 Å². The Morgan fingerprint density at radius 2 is 2.46 bits per heavy atom. The van der Waals surface area contributed by atoms with Crippen LogP contribution in [0.15, 0.2) is 0 Å². The van der Waals surface area contributed by atoms with Gasteiger partial charge >= 0.3 is 0 Å². The number of amides is 1. The molecule has 1 rings (SSSR count). The predicted molar refractivity (Wildman–Crippen MR) is 53.6 cm³/mol. The second-order valence-corrected chi connectivity index (χ2v) is 3.70. The van der Waals surface area contributed by atoms with Crippen molar-refractivity contribution in [2.45, 2.75) is 45.1 Å². The molecular weight excluding hydrogens is 164 g/mol. The third-order valence-electron chi connectivity index (χ3n) is 2.45. The lowest BCUT2D eigenvalue weighted by atomic mass is 10.1. The molecule has 0 aliphatic carbocycles. The van der Waals surface area contributed by atoms with E-state index in [0.717, 1.165) is 25.9 Å². The van der Waals surface area contributed by atoms with Crippen molar-refractivity contribution in [2.24, 2.45) is 0 Å². The molecule has 1 unspecified atom stereocenters. The Hall–Kier alpha value is -0.570. The molecule has 1 aliphatic heterocycles. The first-order valence-corrected chi connectivity index (χ1v) is 5.33. The minimum atomic E-state index is 0.200. The standard InChI is InChI=1S/C10H20N2O/c1-2-3-6-11-9-5-4-7-12-10(13)8-9/h9,11H,2-8H2,1H3,(H,12,13). The van der Waals surface area contributed by atoms with Crippen LogP contribution in [0.3, 0.4) is 0 Å². The third kappa shape index (κ3) is 4.27. The Balaban J connectivity index is 2.19. The summed E-state index contributed by atoms with van der Waals surface area (Å²) in [6, 6.07) is 0.411. The van der Waals surface area contributed by atoms with Crippen LogP contribution in [-0.2, 0) is 4.79 Å². The van der Waals surface area contributed by atoms with E-state index in [1.807, 2.05) is 0 Å². The van der Waals surface area contributed by atoms with Crippen molar-refractivity contribution in [2.75, 3.05) is 13.1 Å². The summed E-state index contributed by atoms with van der Waals surface area (Å²) in [6.45, 7) is 4.08. The molecular formula is C10H20N2O. The fourth-order valence-electron chi connectivity index (χ4n) is 1.63. The van der Waals surface area contributed by atoms with Crippen LogP contribution < -0.4 is 10.6 Å². The fraction of sp³-hybridized carbons (Fsp3) is 0.900. The number of unbranched alkanes of at least 4 members (excludes halogenated alkanes) is 1. The van der Waals surface area contributed by atoms with E-state index in [2.05, 4.69) is 17.6 Å². The lowest BCUT2D eigenvalue weighted by Crippen LogP contribution is -2.33. The molecule has 1 aliphatic rings. The van der Waals surface area contributed by atoms with Crippen LogP contribution >= 0.6 is 0 Å². The molecule has 1 fully saturated rings. The van der Waals surface area contributed by atoms with Gasteiger partial charge in [0.2, 0.25) is 5.91 Å². The smallest absolute Gasteiger partial charge is 0.221 e. The molecule has 0 aromatic rings. The fourth-order valence-corrected chi connectivity index (χ4v) is 1.63. The maximum absolute atomic E-state index is 11.2. The summed E-state index contributed by atoms with van der Waals surface area (Å²) in [6.07, 6.45) is 5.31. The van der Waals surface area contributed by atoms with Gasteiger partial charge in [-0.1, -0.05) is 13.3 Å². The molecule has 76 valence electrons. The number of carbonyl (C=O) groups excluding carboxylic acids is 1. The summed E-state index contributed by atoms with van der Waals surface area (Å²) >= 11 is 0.